The van der Waals surface area contributed by atoms with E-state index < -0.39 is 0 Å². The van der Waals surface area contributed by atoms with Gasteiger partial charge in [0.1, 0.15) is 10.3 Å². The van der Waals surface area contributed by atoms with Gasteiger partial charge in [0.15, 0.2) is 0 Å². The second kappa shape index (κ2) is 7.66. The van der Waals surface area contributed by atoms with Crippen LogP contribution in [0.15, 0.2) is 102 Å². The number of benzene rings is 2. The van der Waals surface area contributed by atoms with Crippen LogP contribution in [0.3, 0.4) is 0 Å². The lowest BCUT2D eigenvalue weighted by atomic mass is 10.1. The molecule has 152 valence electrons. The molecule has 0 amide bonds. The molecular formula is C26H16BrN5. The molecule has 32 heavy (non-hydrogen) atoms. The van der Waals surface area contributed by atoms with Crippen LogP contribution in [0.25, 0.3) is 50.4 Å². The molecule has 5 nitrogen and oxygen atoms in total. The van der Waals surface area contributed by atoms with Crippen LogP contribution >= 0.6 is 15.9 Å². The van der Waals surface area contributed by atoms with Crippen molar-refractivity contribution in [3.63, 3.8) is 0 Å². The van der Waals surface area contributed by atoms with Gasteiger partial charge in [0.25, 0.3) is 0 Å². The molecule has 0 saturated heterocycles. The van der Waals surface area contributed by atoms with Crippen molar-refractivity contribution in [2.24, 2.45) is 0 Å². The van der Waals surface area contributed by atoms with E-state index in [1.807, 2.05) is 48.5 Å². The quantitative estimate of drug-likeness (QED) is 0.274. The summed E-state index contributed by atoms with van der Waals surface area (Å²) in [5.41, 5.74) is 5.19. The summed E-state index contributed by atoms with van der Waals surface area (Å²) in [5.74, 6) is 0.578. The summed E-state index contributed by atoms with van der Waals surface area (Å²) in [5, 5.41) is 2.33. The number of nitrogens with zero attached hydrogens (tertiary/aromatic N) is 5. The first kappa shape index (κ1) is 18.8. The van der Waals surface area contributed by atoms with Gasteiger partial charge in [0, 0.05) is 23.2 Å². The largest absolute Gasteiger partial charge is 0.278 e. The number of hydrogen-bond acceptors (Lipinski definition) is 4. The van der Waals surface area contributed by atoms with Crippen molar-refractivity contribution in [1.29, 1.82) is 0 Å². The third-order valence-electron chi connectivity index (χ3n) is 5.46. The van der Waals surface area contributed by atoms with E-state index in [4.69, 9.17) is 9.97 Å². The van der Waals surface area contributed by atoms with Crippen LogP contribution in [0.2, 0.25) is 0 Å². The second-order valence-electron chi connectivity index (χ2n) is 7.34. The minimum absolute atomic E-state index is 0.578. The van der Waals surface area contributed by atoms with Gasteiger partial charge in [0.2, 0.25) is 5.95 Å². The zero-order valence-electron chi connectivity index (χ0n) is 16.9. The van der Waals surface area contributed by atoms with E-state index in [1.54, 1.807) is 12.4 Å². The first-order valence-electron chi connectivity index (χ1n) is 10.2. The number of aromatic nitrogens is 5. The molecule has 0 atom stereocenters. The van der Waals surface area contributed by atoms with Crippen LogP contribution in [0, 0.1) is 0 Å². The molecule has 0 N–H and O–H groups in total. The Morgan fingerprint density at radius 3 is 1.75 bits per heavy atom. The number of hydrogen-bond donors (Lipinski definition) is 0. The van der Waals surface area contributed by atoms with Crippen molar-refractivity contribution in [3.05, 3.63) is 102 Å². The fourth-order valence-corrected chi connectivity index (χ4v) is 4.64. The molecule has 0 radical (unpaired) electrons. The van der Waals surface area contributed by atoms with Crippen molar-refractivity contribution < 1.29 is 0 Å². The fourth-order valence-electron chi connectivity index (χ4n) is 4.09. The SMILES string of the molecule is Brc1nc(-n2c3ccccc3c3ccccc32)nc(-c2ccccn2)c1-c1ccccn1. The van der Waals surface area contributed by atoms with Crippen molar-refractivity contribution in [2.75, 3.05) is 0 Å². The van der Waals surface area contributed by atoms with E-state index in [-0.39, 0.29) is 0 Å². The van der Waals surface area contributed by atoms with Crippen molar-refractivity contribution >= 4 is 37.7 Å². The highest BCUT2D eigenvalue weighted by Crippen LogP contribution is 2.36. The van der Waals surface area contributed by atoms with Gasteiger partial charge in [-0.05, 0) is 52.3 Å². The molecule has 6 heteroatoms. The molecule has 6 rings (SSSR count). The van der Waals surface area contributed by atoms with Gasteiger partial charge in [0.05, 0.1) is 28.0 Å². The zero-order valence-corrected chi connectivity index (χ0v) is 18.4. The Balaban J connectivity index is 1.71. The lowest BCUT2D eigenvalue weighted by molar-refractivity contribution is 0.976. The molecule has 4 heterocycles. The highest BCUT2D eigenvalue weighted by molar-refractivity contribution is 9.10. The molecule has 0 bridgehead atoms. The van der Waals surface area contributed by atoms with Crippen LogP contribution in [0.1, 0.15) is 0 Å². The van der Waals surface area contributed by atoms with Gasteiger partial charge < -0.3 is 0 Å². The number of rotatable bonds is 3. The lowest BCUT2D eigenvalue weighted by Gasteiger charge is -2.13. The third kappa shape index (κ3) is 2.99. The Kier molecular flexibility index (Phi) is 4.51. The molecular weight excluding hydrogens is 462 g/mol. The Morgan fingerprint density at radius 2 is 1.16 bits per heavy atom. The van der Waals surface area contributed by atoms with Crippen LogP contribution in [-0.2, 0) is 0 Å². The molecule has 2 aromatic carbocycles. The van der Waals surface area contributed by atoms with E-state index in [2.05, 4.69) is 66.9 Å². The maximum absolute atomic E-state index is 5.04. The topological polar surface area (TPSA) is 56.5 Å². The Bertz CT molecular complexity index is 1520. The van der Waals surface area contributed by atoms with Gasteiger partial charge in [-0.25, -0.2) is 9.97 Å². The molecule has 0 aliphatic carbocycles. The predicted octanol–water partition coefficient (Wildman–Crippen LogP) is 6.46. The molecule has 0 fully saturated rings. The van der Waals surface area contributed by atoms with Gasteiger partial charge in [-0.15, -0.1) is 0 Å². The third-order valence-corrected chi connectivity index (χ3v) is 6.04. The standard InChI is InChI=1S/C26H16BrN5/c27-25-23(19-11-5-7-15-28-19)24(20-12-6-8-16-29-20)30-26(31-25)32-21-13-3-1-9-17(21)18-10-2-4-14-22(18)32/h1-16H. The first-order valence-corrected chi connectivity index (χ1v) is 11.0. The highest BCUT2D eigenvalue weighted by Gasteiger charge is 2.21. The average molecular weight is 478 g/mol. The van der Waals surface area contributed by atoms with E-state index >= 15 is 0 Å². The molecule has 6 aromatic rings. The molecule has 4 aromatic heterocycles. The van der Waals surface area contributed by atoms with Gasteiger partial charge in [-0.2, -0.15) is 0 Å². The summed E-state index contributed by atoms with van der Waals surface area (Å²) in [4.78, 5) is 19.0. The summed E-state index contributed by atoms with van der Waals surface area (Å²) < 4.78 is 2.77. The maximum Gasteiger partial charge on any atom is 0.236 e. The zero-order chi connectivity index (χ0) is 21.5. The van der Waals surface area contributed by atoms with Crippen molar-refractivity contribution in [1.82, 2.24) is 24.5 Å². The molecule has 0 saturated carbocycles. The van der Waals surface area contributed by atoms with E-state index in [0.29, 0.717) is 10.6 Å². The Morgan fingerprint density at radius 1 is 0.594 bits per heavy atom. The molecule has 0 aliphatic rings. The average Bonchev–Trinajstić information content (AvgIpc) is 3.19. The van der Waals surface area contributed by atoms with Crippen LogP contribution in [-0.4, -0.2) is 24.5 Å². The normalized spacial score (nSPS) is 11.3. The van der Waals surface area contributed by atoms with Gasteiger partial charge >= 0.3 is 0 Å². The predicted molar refractivity (Wildman–Crippen MR) is 131 cm³/mol. The minimum atomic E-state index is 0.578. The van der Waals surface area contributed by atoms with E-state index in [9.17, 15) is 0 Å². The molecule has 0 aliphatic heterocycles. The number of pyridine rings is 2. The second-order valence-corrected chi connectivity index (χ2v) is 8.09. The highest BCUT2D eigenvalue weighted by atomic mass is 79.9. The monoisotopic (exact) mass is 477 g/mol. The fraction of sp³-hybridized carbons (Fsp3) is 0. The summed E-state index contributed by atoms with van der Waals surface area (Å²) in [6.07, 6.45) is 3.54. The Hall–Kier alpha value is -3.90. The van der Waals surface area contributed by atoms with Crippen LogP contribution in [0.5, 0.6) is 0 Å². The van der Waals surface area contributed by atoms with Crippen molar-refractivity contribution in [3.8, 4) is 28.6 Å². The summed E-state index contributed by atoms with van der Waals surface area (Å²) in [6.45, 7) is 0. The summed E-state index contributed by atoms with van der Waals surface area (Å²) in [6, 6.07) is 28.3. The lowest BCUT2D eigenvalue weighted by Crippen LogP contribution is -2.06. The summed E-state index contributed by atoms with van der Waals surface area (Å²) in [7, 11) is 0. The maximum atomic E-state index is 5.04. The smallest absolute Gasteiger partial charge is 0.236 e. The number of fused-ring (bicyclic) bond motifs is 3. The number of halogens is 1. The van der Waals surface area contributed by atoms with Crippen LogP contribution < -0.4 is 0 Å². The minimum Gasteiger partial charge on any atom is -0.278 e. The Labute approximate surface area is 192 Å². The first-order chi connectivity index (χ1) is 15.8. The van der Waals surface area contributed by atoms with Crippen LogP contribution in [0.4, 0.5) is 0 Å². The van der Waals surface area contributed by atoms with Gasteiger partial charge in [-0.3, -0.25) is 14.5 Å². The van der Waals surface area contributed by atoms with E-state index in [1.165, 1.54) is 0 Å². The van der Waals surface area contributed by atoms with Crippen molar-refractivity contribution in [2.45, 2.75) is 0 Å². The molecule has 0 spiro atoms. The number of para-hydroxylation sites is 2. The van der Waals surface area contributed by atoms with E-state index in [0.717, 1.165) is 44.5 Å². The molecule has 0 unspecified atom stereocenters. The van der Waals surface area contributed by atoms with Gasteiger partial charge in [-0.1, -0.05) is 48.5 Å². The summed E-state index contributed by atoms with van der Waals surface area (Å²) >= 11 is 3.71.